The van der Waals surface area contributed by atoms with Crippen LogP contribution < -0.4 is 15.4 Å². The first-order valence-electron chi connectivity index (χ1n) is 10.5. The van der Waals surface area contributed by atoms with E-state index in [0.717, 1.165) is 5.56 Å². The SMILES string of the molecule is CCC1(c2ccc(NC(=O)c3ccc(S(=O)(=O)NC(C)C)cc3)cc2)CCC(=O)NC1=O. The maximum atomic E-state index is 12.6. The Hall–Kier alpha value is -3.04. The van der Waals surface area contributed by atoms with Crippen molar-refractivity contribution in [1.29, 1.82) is 0 Å². The standard InChI is InChI=1S/C23H27N3O5S/c1-4-23(14-13-20(27)25-22(23)29)17-7-9-18(10-8-17)24-21(28)16-5-11-19(12-6-16)32(30,31)26-15(2)3/h5-12,15,26H,4,13-14H2,1-3H3,(H,24,28)(H,25,27,29). The molecule has 0 radical (unpaired) electrons. The number of imide groups is 1. The van der Waals surface area contributed by atoms with E-state index in [1.54, 1.807) is 38.1 Å². The smallest absolute Gasteiger partial charge is 0.255 e. The zero-order chi connectivity index (χ0) is 23.5. The van der Waals surface area contributed by atoms with Gasteiger partial charge in [0.15, 0.2) is 0 Å². The molecule has 9 heteroatoms. The molecule has 3 N–H and O–H groups in total. The molecule has 1 unspecified atom stereocenters. The van der Waals surface area contributed by atoms with Crippen molar-refractivity contribution in [2.45, 2.75) is 56.4 Å². The summed E-state index contributed by atoms with van der Waals surface area (Å²) in [5.41, 5.74) is 0.875. The van der Waals surface area contributed by atoms with Crippen LogP contribution in [0.25, 0.3) is 0 Å². The molecular weight excluding hydrogens is 430 g/mol. The highest BCUT2D eigenvalue weighted by molar-refractivity contribution is 7.89. The lowest BCUT2D eigenvalue weighted by atomic mass is 9.72. The summed E-state index contributed by atoms with van der Waals surface area (Å²) in [6, 6.07) is 12.4. The monoisotopic (exact) mass is 457 g/mol. The van der Waals surface area contributed by atoms with Gasteiger partial charge in [0.1, 0.15) is 0 Å². The lowest BCUT2D eigenvalue weighted by molar-refractivity contribution is -0.138. The Labute approximate surface area is 187 Å². The third-order valence-electron chi connectivity index (χ3n) is 5.58. The Balaban J connectivity index is 1.72. The largest absolute Gasteiger partial charge is 0.322 e. The molecule has 2 aromatic carbocycles. The number of benzene rings is 2. The Morgan fingerprint density at radius 3 is 2.22 bits per heavy atom. The van der Waals surface area contributed by atoms with Crippen LogP contribution in [-0.4, -0.2) is 32.2 Å². The van der Waals surface area contributed by atoms with Crippen LogP contribution in [-0.2, 0) is 25.0 Å². The topological polar surface area (TPSA) is 121 Å². The molecule has 8 nitrogen and oxygen atoms in total. The zero-order valence-corrected chi connectivity index (χ0v) is 19.1. The summed E-state index contributed by atoms with van der Waals surface area (Å²) in [6.45, 7) is 5.37. The van der Waals surface area contributed by atoms with Crippen LogP contribution in [0.2, 0.25) is 0 Å². The first-order valence-corrected chi connectivity index (χ1v) is 11.9. The van der Waals surface area contributed by atoms with Gasteiger partial charge in [-0.1, -0.05) is 19.1 Å². The Bertz CT molecular complexity index is 1130. The maximum Gasteiger partial charge on any atom is 0.255 e. The molecule has 0 bridgehead atoms. The summed E-state index contributed by atoms with van der Waals surface area (Å²) < 4.78 is 26.9. The summed E-state index contributed by atoms with van der Waals surface area (Å²) >= 11 is 0. The molecule has 170 valence electrons. The molecule has 0 aromatic heterocycles. The minimum absolute atomic E-state index is 0.0845. The summed E-state index contributed by atoms with van der Waals surface area (Å²) in [5, 5.41) is 5.19. The van der Waals surface area contributed by atoms with Gasteiger partial charge in [0.2, 0.25) is 21.8 Å². The third kappa shape index (κ3) is 4.89. The van der Waals surface area contributed by atoms with E-state index >= 15 is 0 Å². The second-order valence-electron chi connectivity index (χ2n) is 8.14. The number of carbonyl (C=O) groups excluding carboxylic acids is 3. The van der Waals surface area contributed by atoms with E-state index in [9.17, 15) is 22.8 Å². The first kappa shape index (κ1) is 23.6. The second-order valence-corrected chi connectivity index (χ2v) is 9.86. The molecule has 3 amide bonds. The second kappa shape index (κ2) is 9.22. The van der Waals surface area contributed by atoms with Crippen LogP contribution in [0.3, 0.4) is 0 Å². The highest BCUT2D eigenvalue weighted by atomic mass is 32.2. The number of nitrogens with one attached hydrogen (secondary N) is 3. The number of sulfonamides is 1. The van der Waals surface area contributed by atoms with Crippen LogP contribution in [0.15, 0.2) is 53.4 Å². The quantitative estimate of drug-likeness (QED) is 0.552. The predicted molar refractivity (Wildman–Crippen MR) is 121 cm³/mol. The van der Waals surface area contributed by atoms with E-state index in [1.807, 2.05) is 6.92 Å². The number of carbonyl (C=O) groups is 3. The van der Waals surface area contributed by atoms with Gasteiger partial charge >= 0.3 is 0 Å². The molecule has 1 atom stereocenters. The van der Waals surface area contributed by atoms with Crippen LogP contribution in [0.5, 0.6) is 0 Å². The van der Waals surface area contributed by atoms with E-state index in [2.05, 4.69) is 15.4 Å². The van der Waals surface area contributed by atoms with Gasteiger partial charge in [-0.05, 0) is 68.7 Å². The summed E-state index contributed by atoms with van der Waals surface area (Å²) in [7, 11) is -3.63. The van der Waals surface area contributed by atoms with E-state index in [0.29, 0.717) is 24.1 Å². The Morgan fingerprint density at radius 1 is 1.06 bits per heavy atom. The molecule has 1 saturated heterocycles. The number of rotatable bonds is 7. The van der Waals surface area contributed by atoms with Crippen molar-refractivity contribution in [2.75, 3.05) is 5.32 Å². The fourth-order valence-electron chi connectivity index (χ4n) is 3.81. The Kier molecular flexibility index (Phi) is 6.80. The highest BCUT2D eigenvalue weighted by Crippen LogP contribution is 2.36. The van der Waals surface area contributed by atoms with Gasteiger partial charge in [-0.2, -0.15) is 0 Å². The fourth-order valence-corrected chi connectivity index (χ4v) is 5.06. The molecule has 1 aliphatic heterocycles. The van der Waals surface area contributed by atoms with E-state index < -0.39 is 15.4 Å². The van der Waals surface area contributed by atoms with Crippen molar-refractivity contribution in [3.63, 3.8) is 0 Å². The average Bonchev–Trinajstić information content (AvgIpc) is 2.74. The molecule has 1 aliphatic rings. The van der Waals surface area contributed by atoms with Crippen molar-refractivity contribution < 1.29 is 22.8 Å². The molecule has 2 aromatic rings. The Morgan fingerprint density at radius 2 is 1.69 bits per heavy atom. The van der Waals surface area contributed by atoms with Crippen molar-refractivity contribution in [1.82, 2.24) is 10.0 Å². The molecule has 1 heterocycles. The average molecular weight is 458 g/mol. The van der Waals surface area contributed by atoms with Gasteiger partial charge in [-0.15, -0.1) is 0 Å². The van der Waals surface area contributed by atoms with Crippen LogP contribution in [0, 0.1) is 0 Å². The number of hydrogen-bond acceptors (Lipinski definition) is 5. The van der Waals surface area contributed by atoms with Crippen molar-refractivity contribution >= 4 is 33.4 Å². The molecule has 32 heavy (non-hydrogen) atoms. The number of hydrogen-bond donors (Lipinski definition) is 3. The summed E-state index contributed by atoms with van der Waals surface area (Å²) in [4.78, 5) is 36.7. The number of piperidine rings is 1. The predicted octanol–water partition coefficient (Wildman–Crippen LogP) is 2.71. The van der Waals surface area contributed by atoms with Gasteiger partial charge in [0.05, 0.1) is 10.3 Å². The lowest BCUT2D eigenvalue weighted by Crippen LogP contribution is -2.51. The molecule has 3 rings (SSSR count). The first-order chi connectivity index (χ1) is 15.1. The molecule has 0 saturated carbocycles. The van der Waals surface area contributed by atoms with Crippen molar-refractivity contribution in [2.24, 2.45) is 0 Å². The van der Waals surface area contributed by atoms with Gasteiger partial charge in [0.25, 0.3) is 5.91 Å². The van der Waals surface area contributed by atoms with Crippen molar-refractivity contribution in [3.8, 4) is 0 Å². The van der Waals surface area contributed by atoms with E-state index in [-0.39, 0.29) is 35.1 Å². The van der Waals surface area contributed by atoms with Gasteiger partial charge < -0.3 is 5.32 Å². The number of anilines is 1. The highest BCUT2D eigenvalue weighted by Gasteiger charge is 2.42. The lowest BCUT2D eigenvalue weighted by Gasteiger charge is -2.35. The summed E-state index contributed by atoms with van der Waals surface area (Å²) in [5.74, 6) is -0.943. The van der Waals surface area contributed by atoms with Crippen LogP contribution >= 0.6 is 0 Å². The normalized spacial score (nSPS) is 19.0. The third-order valence-corrected chi connectivity index (χ3v) is 7.26. The van der Waals surface area contributed by atoms with Crippen LogP contribution in [0.4, 0.5) is 5.69 Å². The maximum absolute atomic E-state index is 12.6. The van der Waals surface area contributed by atoms with E-state index in [1.165, 1.54) is 24.3 Å². The molecule has 0 spiro atoms. The fraction of sp³-hybridized carbons (Fsp3) is 0.348. The molecule has 1 fully saturated rings. The van der Waals surface area contributed by atoms with Gasteiger partial charge in [-0.25, -0.2) is 13.1 Å². The van der Waals surface area contributed by atoms with Crippen LogP contribution in [0.1, 0.15) is 56.0 Å². The zero-order valence-electron chi connectivity index (χ0n) is 18.3. The van der Waals surface area contributed by atoms with E-state index in [4.69, 9.17) is 0 Å². The van der Waals surface area contributed by atoms with Gasteiger partial charge in [0, 0.05) is 23.7 Å². The molecular formula is C23H27N3O5S. The minimum Gasteiger partial charge on any atom is -0.322 e. The minimum atomic E-state index is -3.63. The van der Waals surface area contributed by atoms with Crippen molar-refractivity contribution in [3.05, 3.63) is 59.7 Å². The summed E-state index contributed by atoms with van der Waals surface area (Å²) in [6.07, 6.45) is 1.29. The molecule has 0 aliphatic carbocycles. The van der Waals surface area contributed by atoms with Gasteiger partial charge in [-0.3, -0.25) is 19.7 Å². The number of amides is 3.